The number of hydrogen-bond donors (Lipinski definition) is 1. The number of para-hydroxylation sites is 1. The van der Waals surface area contributed by atoms with Crippen molar-refractivity contribution in [2.45, 2.75) is 105 Å². The summed E-state index contributed by atoms with van der Waals surface area (Å²) in [5, 5.41) is 16.8. The Morgan fingerprint density at radius 2 is 1.16 bits per heavy atom. The second-order valence-electron chi connectivity index (χ2n) is 22.4. The van der Waals surface area contributed by atoms with Crippen molar-refractivity contribution in [2.24, 2.45) is 0 Å². The van der Waals surface area contributed by atoms with Crippen LogP contribution in [0.15, 0.2) is 144 Å². The molecule has 0 bridgehead atoms. The molecule has 0 aliphatic heterocycles. The summed E-state index contributed by atoms with van der Waals surface area (Å²) in [7, 11) is 0. The maximum atomic E-state index is 12.6. The van der Waals surface area contributed by atoms with Gasteiger partial charge < -0.3 is 9.52 Å². The lowest BCUT2D eigenvalue weighted by Crippen LogP contribution is -2.17. The number of nitrogens with zero attached hydrogens (tertiary/aromatic N) is 4. The summed E-state index contributed by atoms with van der Waals surface area (Å²) in [6, 6.07) is 47.4. The molecule has 0 aliphatic carbocycles. The van der Waals surface area contributed by atoms with E-state index in [4.69, 9.17) is 19.4 Å². The van der Waals surface area contributed by atoms with Crippen LogP contribution in [0.1, 0.15) is 106 Å². The van der Waals surface area contributed by atoms with Crippen molar-refractivity contribution >= 4 is 43.7 Å². The Labute approximate surface area is 394 Å². The lowest BCUT2D eigenvalue weighted by atomic mass is 9.79. The summed E-state index contributed by atoms with van der Waals surface area (Å²) in [5.41, 5.74) is 13.5. The van der Waals surface area contributed by atoms with Crippen molar-refractivity contribution in [3.05, 3.63) is 162 Å². The van der Waals surface area contributed by atoms with Gasteiger partial charge in [-0.25, -0.2) is 9.97 Å². The van der Waals surface area contributed by atoms with Gasteiger partial charge in [0.15, 0.2) is 5.58 Å². The van der Waals surface area contributed by atoms with Crippen LogP contribution >= 0.6 is 0 Å². The van der Waals surface area contributed by atoms with Gasteiger partial charge in [0.2, 0.25) is 5.89 Å². The number of aromatic hydroxyl groups is 1. The molecule has 67 heavy (non-hydrogen) atoms. The molecule has 0 radical (unpaired) electrons. The van der Waals surface area contributed by atoms with Gasteiger partial charge in [-0.05, 0) is 109 Å². The van der Waals surface area contributed by atoms with Gasteiger partial charge in [0, 0.05) is 44.8 Å². The Bertz CT molecular complexity index is 3560. The number of phenolic OH excluding ortho intramolecular Hbond substituents is 1. The molecule has 0 saturated carbocycles. The third-order valence-electron chi connectivity index (χ3n) is 13.2. The fraction of sp³-hybridized carbons (Fsp3) is 0.262. The number of rotatable bonds is 5. The molecule has 0 aliphatic rings. The molecule has 0 fully saturated rings. The third-order valence-corrected chi connectivity index (χ3v) is 13.2. The summed E-state index contributed by atoms with van der Waals surface area (Å²) < 4.78 is 8.90. The zero-order valence-electron chi connectivity index (χ0n) is 40.9. The van der Waals surface area contributed by atoms with Gasteiger partial charge >= 0.3 is 0 Å². The molecule has 0 atom stereocenters. The standard InChI is InChI=1S/C61H60N4O2/c1-58(2,3)40-30-38(29-39(31-40)50-32-37(27-28-62-50)36-19-14-13-15-20-36)43-23-18-24-51-52(43)63-56(48-33-41(59(4,5)6)34-49(54(48)66)60(7,8)9)65(51)42-25-26-46-47(35-42)44-21-16-17-22-45(44)53-55(46)67-57(64-53)61(10,11)12/h13-35,66H,1-12H3. The summed E-state index contributed by atoms with van der Waals surface area (Å²) >= 11 is 0. The van der Waals surface area contributed by atoms with E-state index in [9.17, 15) is 5.11 Å². The van der Waals surface area contributed by atoms with E-state index in [2.05, 4.69) is 215 Å². The molecule has 0 unspecified atom stereocenters. The first-order chi connectivity index (χ1) is 31.6. The molecule has 6 heteroatoms. The molecule has 10 rings (SSSR count). The van der Waals surface area contributed by atoms with Gasteiger partial charge in [-0.3, -0.25) is 9.55 Å². The minimum Gasteiger partial charge on any atom is -0.507 e. The van der Waals surface area contributed by atoms with Crippen LogP contribution in [0.2, 0.25) is 0 Å². The lowest BCUT2D eigenvalue weighted by molar-refractivity contribution is 0.412. The highest BCUT2D eigenvalue weighted by molar-refractivity contribution is 6.23. The van der Waals surface area contributed by atoms with Crippen LogP contribution in [0.3, 0.4) is 0 Å². The predicted octanol–water partition coefficient (Wildman–Crippen LogP) is 16.4. The van der Waals surface area contributed by atoms with Crippen molar-refractivity contribution < 1.29 is 9.52 Å². The number of imidazole rings is 1. The summed E-state index contributed by atoms with van der Waals surface area (Å²) in [6.45, 7) is 26.3. The van der Waals surface area contributed by atoms with Crippen LogP contribution in [-0.2, 0) is 21.7 Å². The van der Waals surface area contributed by atoms with E-state index in [1.807, 2.05) is 12.3 Å². The fourth-order valence-corrected chi connectivity index (χ4v) is 9.37. The zero-order valence-corrected chi connectivity index (χ0v) is 40.9. The minimum absolute atomic E-state index is 0.154. The molecule has 6 nitrogen and oxygen atoms in total. The van der Waals surface area contributed by atoms with Gasteiger partial charge in [-0.1, -0.05) is 162 Å². The number of hydrogen-bond acceptors (Lipinski definition) is 5. The molecule has 0 amide bonds. The Hall–Kier alpha value is -7.05. The summed E-state index contributed by atoms with van der Waals surface area (Å²) in [6.07, 6.45) is 1.91. The van der Waals surface area contributed by atoms with E-state index in [1.165, 1.54) is 5.56 Å². The Balaban J connectivity index is 1.28. The Morgan fingerprint density at radius 1 is 0.478 bits per heavy atom. The van der Waals surface area contributed by atoms with E-state index < -0.39 is 0 Å². The topological polar surface area (TPSA) is 77.0 Å². The van der Waals surface area contributed by atoms with Crippen LogP contribution in [-0.4, -0.2) is 24.6 Å². The second-order valence-corrected chi connectivity index (χ2v) is 22.4. The van der Waals surface area contributed by atoms with Crippen molar-refractivity contribution in [1.29, 1.82) is 0 Å². The maximum Gasteiger partial charge on any atom is 0.200 e. The minimum atomic E-state index is -0.339. The van der Waals surface area contributed by atoms with E-state index in [1.54, 1.807) is 0 Å². The van der Waals surface area contributed by atoms with Crippen LogP contribution in [0.25, 0.3) is 94.3 Å². The van der Waals surface area contributed by atoms with Crippen LogP contribution in [0.4, 0.5) is 0 Å². The molecule has 336 valence electrons. The molecule has 3 heterocycles. The number of benzene rings is 7. The van der Waals surface area contributed by atoms with Crippen molar-refractivity contribution in [2.75, 3.05) is 0 Å². The molecule has 7 aromatic carbocycles. The maximum absolute atomic E-state index is 12.6. The Kier molecular flexibility index (Phi) is 10.1. The van der Waals surface area contributed by atoms with Crippen molar-refractivity contribution in [3.8, 4) is 56.3 Å². The smallest absolute Gasteiger partial charge is 0.200 e. The number of phenols is 1. The van der Waals surface area contributed by atoms with E-state index in [0.717, 1.165) is 94.0 Å². The molecular formula is C61H60N4O2. The zero-order chi connectivity index (χ0) is 47.4. The SMILES string of the molecule is CC(C)(C)c1cc(-c2cc(-c3ccccc3)ccn2)cc(-c2cccc3c2nc(-c2cc(C(C)(C)C)cc(C(C)(C)C)c2O)n3-c2ccc3c(c2)c2ccccc2c2nc(C(C)(C)C)oc32)c1. The Morgan fingerprint density at radius 3 is 1.87 bits per heavy atom. The average Bonchev–Trinajstić information content (AvgIpc) is 3.92. The highest BCUT2D eigenvalue weighted by atomic mass is 16.3. The van der Waals surface area contributed by atoms with Crippen molar-refractivity contribution in [3.63, 3.8) is 0 Å². The number of aromatic nitrogens is 4. The summed E-state index contributed by atoms with van der Waals surface area (Å²) in [4.78, 5) is 15.7. The van der Waals surface area contributed by atoms with Crippen LogP contribution < -0.4 is 0 Å². The molecule has 3 aromatic heterocycles. The fourth-order valence-electron chi connectivity index (χ4n) is 9.37. The lowest BCUT2D eigenvalue weighted by Gasteiger charge is -2.27. The predicted molar refractivity (Wildman–Crippen MR) is 280 cm³/mol. The normalized spacial score (nSPS) is 12.8. The van der Waals surface area contributed by atoms with Crippen LogP contribution in [0, 0.1) is 0 Å². The number of oxazole rings is 1. The molecule has 0 saturated heterocycles. The van der Waals surface area contributed by atoms with E-state index in [0.29, 0.717) is 17.3 Å². The monoisotopic (exact) mass is 880 g/mol. The first-order valence-corrected chi connectivity index (χ1v) is 23.5. The summed E-state index contributed by atoms with van der Waals surface area (Å²) in [5.74, 6) is 1.62. The molecule has 0 spiro atoms. The highest BCUT2D eigenvalue weighted by Crippen LogP contribution is 2.46. The first kappa shape index (κ1) is 43.8. The number of pyridine rings is 1. The molecule has 10 aromatic rings. The highest BCUT2D eigenvalue weighted by Gasteiger charge is 2.30. The second kappa shape index (κ2) is 15.5. The van der Waals surface area contributed by atoms with E-state index in [-0.39, 0.29) is 27.4 Å². The average molecular weight is 881 g/mol. The van der Waals surface area contributed by atoms with Gasteiger partial charge in [0.1, 0.15) is 17.1 Å². The first-order valence-electron chi connectivity index (χ1n) is 23.5. The van der Waals surface area contributed by atoms with Gasteiger partial charge in [-0.2, -0.15) is 0 Å². The quantitative estimate of drug-likeness (QED) is 0.174. The van der Waals surface area contributed by atoms with Crippen molar-refractivity contribution in [1.82, 2.24) is 19.5 Å². The van der Waals surface area contributed by atoms with Gasteiger partial charge in [0.05, 0.1) is 22.3 Å². The molecule has 1 N–H and O–H groups in total. The number of fused-ring (bicyclic) bond motifs is 7. The third kappa shape index (κ3) is 7.76. The molecular weight excluding hydrogens is 821 g/mol. The van der Waals surface area contributed by atoms with Crippen LogP contribution in [0.5, 0.6) is 5.75 Å². The largest absolute Gasteiger partial charge is 0.507 e. The van der Waals surface area contributed by atoms with Gasteiger partial charge in [-0.15, -0.1) is 0 Å². The van der Waals surface area contributed by atoms with E-state index >= 15 is 0 Å². The van der Waals surface area contributed by atoms with Gasteiger partial charge in [0.25, 0.3) is 0 Å².